The first-order valence-corrected chi connectivity index (χ1v) is 8.92. The van der Waals surface area contributed by atoms with Crippen LogP contribution in [0.5, 0.6) is 11.5 Å². The molecule has 0 aliphatic carbocycles. The molecular weight excluding hydrogens is 338 g/mol. The number of ether oxygens (including phenoxy) is 3. The maximum atomic E-state index is 13.0. The molecule has 0 radical (unpaired) electrons. The topological polar surface area (TPSA) is 85.3 Å². The van der Waals surface area contributed by atoms with Crippen molar-refractivity contribution in [1.29, 1.82) is 0 Å². The van der Waals surface area contributed by atoms with Gasteiger partial charge in [0.25, 0.3) is 5.91 Å². The first kappa shape index (κ1) is 20.0. The normalized spacial score (nSPS) is 17.2. The number of hydrogen-bond acceptors (Lipinski definition) is 5. The molecule has 0 spiro atoms. The number of rotatable bonds is 8. The molecule has 0 saturated carbocycles. The fraction of sp³-hybridized carbons (Fsp3) is 0.579. The van der Waals surface area contributed by atoms with Crippen LogP contribution in [0.25, 0.3) is 0 Å². The molecule has 1 aromatic rings. The fourth-order valence-corrected chi connectivity index (χ4v) is 3.00. The molecule has 1 amide bonds. The van der Waals surface area contributed by atoms with Crippen molar-refractivity contribution in [2.24, 2.45) is 5.92 Å². The van der Waals surface area contributed by atoms with E-state index in [0.29, 0.717) is 49.3 Å². The lowest BCUT2D eigenvalue weighted by atomic mass is 10.0. The van der Waals surface area contributed by atoms with E-state index in [0.717, 1.165) is 6.42 Å². The number of carbonyl (C=O) groups is 2. The van der Waals surface area contributed by atoms with Gasteiger partial charge in [0.05, 0.1) is 25.9 Å². The highest BCUT2D eigenvalue weighted by atomic mass is 16.5. The van der Waals surface area contributed by atoms with Crippen LogP contribution in [0.15, 0.2) is 18.2 Å². The Morgan fingerprint density at radius 2 is 2.08 bits per heavy atom. The largest absolute Gasteiger partial charge is 0.490 e. The number of morpholine rings is 1. The highest BCUT2D eigenvalue weighted by Gasteiger charge is 2.29. The number of benzene rings is 1. The maximum Gasteiger partial charge on any atom is 0.341 e. The SMILES string of the molecule is CCOc1cc(C(=O)N2CCOC[C@@H]2CC(C)C)ccc1OCC(=O)O. The van der Waals surface area contributed by atoms with Gasteiger partial charge >= 0.3 is 5.97 Å². The highest BCUT2D eigenvalue weighted by Crippen LogP contribution is 2.30. The molecule has 0 bridgehead atoms. The summed E-state index contributed by atoms with van der Waals surface area (Å²) in [5, 5.41) is 8.77. The summed E-state index contributed by atoms with van der Waals surface area (Å²) in [6.45, 7) is 7.61. The molecule has 0 unspecified atom stereocenters. The van der Waals surface area contributed by atoms with Gasteiger partial charge in [-0.15, -0.1) is 0 Å². The minimum atomic E-state index is -1.07. The average Bonchev–Trinajstić information content (AvgIpc) is 2.60. The summed E-state index contributed by atoms with van der Waals surface area (Å²) in [5.41, 5.74) is 0.492. The van der Waals surface area contributed by atoms with Gasteiger partial charge in [0.1, 0.15) is 0 Å². The van der Waals surface area contributed by atoms with Gasteiger partial charge in [-0.05, 0) is 37.5 Å². The zero-order valence-electron chi connectivity index (χ0n) is 15.6. The number of carboxylic acids is 1. The average molecular weight is 365 g/mol. The predicted molar refractivity (Wildman–Crippen MR) is 95.8 cm³/mol. The van der Waals surface area contributed by atoms with Crippen molar-refractivity contribution in [2.45, 2.75) is 33.2 Å². The zero-order valence-corrected chi connectivity index (χ0v) is 15.6. The monoisotopic (exact) mass is 365 g/mol. The van der Waals surface area contributed by atoms with E-state index in [1.165, 1.54) is 0 Å². The van der Waals surface area contributed by atoms with Gasteiger partial charge in [0.15, 0.2) is 18.1 Å². The third kappa shape index (κ3) is 5.36. The number of hydrogen-bond donors (Lipinski definition) is 1. The highest BCUT2D eigenvalue weighted by molar-refractivity contribution is 5.95. The zero-order chi connectivity index (χ0) is 19.1. The van der Waals surface area contributed by atoms with Gasteiger partial charge in [-0.2, -0.15) is 0 Å². The summed E-state index contributed by atoms with van der Waals surface area (Å²) in [6, 6.07) is 4.89. The van der Waals surface area contributed by atoms with Crippen LogP contribution in [0.2, 0.25) is 0 Å². The van der Waals surface area contributed by atoms with E-state index in [2.05, 4.69) is 13.8 Å². The number of aliphatic carboxylic acids is 1. The fourth-order valence-electron chi connectivity index (χ4n) is 3.00. The molecule has 1 saturated heterocycles. The third-order valence-electron chi connectivity index (χ3n) is 4.07. The van der Waals surface area contributed by atoms with Gasteiger partial charge in [0.2, 0.25) is 0 Å². The Bertz CT molecular complexity index is 630. The molecule has 2 rings (SSSR count). The first-order valence-electron chi connectivity index (χ1n) is 8.92. The van der Waals surface area contributed by atoms with Crippen molar-refractivity contribution in [2.75, 3.05) is 33.0 Å². The number of carboxylic acid groups (broad SMARTS) is 1. The second-order valence-electron chi connectivity index (χ2n) is 6.63. The summed E-state index contributed by atoms with van der Waals surface area (Å²) >= 11 is 0. The molecule has 26 heavy (non-hydrogen) atoms. The molecule has 1 N–H and O–H groups in total. The Labute approximate surface area is 153 Å². The quantitative estimate of drug-likeness (QED) is 0.762. The van der Waals surface area contributed by atoms with Crippen LogP contribution in [-0.2, 0) is 9.53 Å². The molecule has 1 aromatic carbocycles. The second kappa shape index (κ2) is 9.43. The van der Waals surface area contributed by atoms with Crippen LogP contribution in [0.1, 0.15) is 37.6 Å². The van der Waals surface area contributed by atoms with Crippen LogP contribution in [0.3, 0.4) is 0 Å². The molecule has 144 valence electrons. The minimum absolute atomic E-state index is 0.0507. The number of nitrogens with zero attached hydrogens (tertiary/aromatic N) is 1. The smallest absolute Gasteiger partial charge is 0.341 e. The van der Waals surface area contributed by atoms with Crippen LogP contribution < -0.4 is 9.47 Å². The Kier molecular flexibility index (Phi) is 7.26. The van der Waals surface area contributed by atoms with E-state index in [-0.39, 0.29) is 11.9 Å². The summed E-state index contributed by atoms with van der Waals surface area (Å²) in [7, 11) is 0. The van der Waals surface area contributed by atoms with Gasteiger partial charge in [0, 0.05) is 12.1 Å². The lowest BCUT2D eigenvalue weighted by Gasteiger charge is -2.36. The second-order valence-corrected chi connectivity index (χ2v) is 6.63. The summed E-state index contributed by atoms with van der Waals surface area (Å²) in [6.07, 6.45) is 0.879. The molecule has 1 atom stereocenters. The lowest BCUT2D eigenvalue weighted by molar-refractivity contribution is -0.139. The van der Waals surface area contributed by atoms with E-state index in [9.17, 15) is 9.59 Å². The van der Waals surface area contributed by atoms with Crippen molar-refractivity contribution < 1.29 is 28.9 Å². The lowest BCUT2D eigenvalue weighted by Crippen LogP contribution is -2.49. The summed E-state index contributed by atoms with van der Waals surface area (Å²) in [5.74, 6) is -0.00955. The van der Waals surface area contributed by atoms with Crippen LogP contribution in [0.4, 0.5) is 0 Å². The standard InChI is InChI=1S/C19H27NO6/c1-4-25-17-10-14(5-6-16(17)26-12-18(21)22)19(23)20-7-8-24-11-15(20)9-13(2)3/h5-6,10,13,15H,4,7-9,11-12H2,1-3H3,(H,21,22)/t15-/m0/s1. The van der Waals surface area contributed by atoms with Crippen molar-refractivity contribution in [3.05, 3.63) is 23.8 Å². The van der Waals surface area contributed by atoms with E-state index >= 15 is 0 Å². The predicted octanol–water partition coefficient (Wildman–Crippen LogP) is 2.44. The molecule has 0 aromatic heterocycles. The van der Waals surface area contributed by atoms with Gasteiger partial charge in [-0.25, -0.2) is 4.79 Å². The van der Waals surface area contributed by atoms with Crippen LogP contribution >= 0.6 is 0 Å². The Balaban J connectivity index is 2.21. The first-order chi connectivity index (χ1) is 12.4. The molecule has 7 nitrogen and oxygen atoms in total. The van der Waals surface area contributed by atoms with E-state index in [1.807, 2.05) is 11.8 Å². The van der Waals surface area contributed by atoms with E-state index in [1.54, 1.807) is 18.2 Å². The van der Waals surface area contributed by atoms with Crippen molar-refractivity contribution in [3.8, 4) is 11.5 Å². The Morgan fingerprint density at radius 1 is 1.31 bits per heavy atom. The van der Waals surface area contributed by atoms with Gasteiger partial charge < -0.3 is 24.2 Å². The van der Waals surface area contributed by atoms with Crippen LogP contribution in [0, 0.1) is 5.92 Å². The van der Waals surface area contributed by atoms with Gasteiger partial charge in [-0.3, -0.25) is 4.79 Å². The summed E-state index contributed by atoms with van der Waals surface area (Å²) < 4.78 is 16.3. The van der Waals surface area contributed by atoms with E-state index in [4.69, 9.17) is 19.3 Å². The Morgan fingerprint density at radius 3 is 2.73 bits per heavy atom. The molecule has 1 aliphatic rings. The number of carbonyl (C=O) groups excluding carboxylic acids is 1. The van der Waals surface area contributed by atoms with Crippen molar-refractivity contribution in [1.82, 2.24) is 4.90 Å². The summed E-state index contributed by atoms with van der Waals surface area (Å²) in [4.78, 5) is 25.6. The molecule has 1 heterocycles. The minimum Gasteiger partial charge on any atom is -0.490 e. The van der Waals surface area contributed by atoms with Crippen molar-refractivity contribution >= 4 is 11.9 Å². The molecule has 1 aliphatic heterocycles. The maximum absolute atomic E-state index is 13.0. The third-order valence-corrected chi connectivity index (χ3v) is 4.07. The molecule has 7 heteroatoms. The number of amides is 1. The molecule has 1 fully saturated rings. The van der Waals surface area contributed by atoms with E-state index < -0.39 is 12.6 Å². The molecular formula is C19H27NO6. The van der Waals surface area contributed by atoms with Gasteiger partial charge in [-0.1, -0.05) is 13.8 Å². The van der Waals surface area contributed by atoms with Crippen molar-refractivity contribution in [3.63, 3.8) is 0 Å². The Hall–Kier alpha value is -2.28. The van der Waals surface area contributed by atoms with Crippen LogP contribution in [-0.4, -0.2) is 60.9 Å².